The third kappa shape index (κ3) is 4.70. The largest absolute Gasteiger partial charge is 0.328 e. The van der Waals surface area contributed by atoms with Gasteiger partial charge in [-0.25, -0.2) is 8.78 Å². The standard InChI is InChI=1S/C23H26F2N2OS/c1-4-16(2)22(28)27-15-23(24,25)21(26-29-3)20(27)14-17-9-8-12-19(13-17)18-10-6-5-7-11-18/h5-13,20-21,26H,2,4,14-15H2,1,3H3. The molecule has 2 unspecified atom stereocenters. The van der Waals surface area contributed by atoms with Crippen LogP contribution in [0.1, 0.15) is 18.9 Å². The Bertz CT molecular complexity index is 872. The first kappa shape index (κ1) is 21.5. The molecule has 0 aromatic heterocycles. The van der Waals surface area contributed by atoms with Crippen molar-refractivity contribution in [2.24, 2.45) is 0 Å². The van der Waals surface area contributed by atoms with E-state index in [0.29, 0.717) is 18.4 Å². The first-order valence-corrected chi connectivity index (χ1v) is 10.9. The molecular weight excluding hydrogens is 390 g/mol. The second-order valence-electron chi connectivity index (χ2n) is 7.29. The SMILES string of the molecule is C=C(CC)C(=O)N1CC(F)(F)C(NSC)C1Cc1cccc(-c2ccccc2)c1. The molecule has 0 spiro atoms. The lowest BCUT2D eigenvalue weighted by Crippen LogP contribution is -2.48. The Morgan fingerprint density at radius 1 is 1.21 bits per heavy atom. The van der Waals surface area contributed by atoms with E-state index in [-0.39, 0.29) is 5.91 Å². The number of nitrogens with one attached hydrogen (secondary N) is 1. The van der Waals surface area contributed by atoms with Crippen LogP contribution in [0.15, 0.2) is 66.7 Å². The van der Waals surface area contributed by atoms with Crippen LogP contribution in [0.25, 0.3) is 11.1 Å². The molecule has 3 nitrogen and oxygen atoms in total. The highest BCUT2D eigenvalue weighted by molar-refractivity contribution is 7.96. The van der Waals surface area contributed by atoms with E-state index in [2.05, 4.69) is 11.3 Å². The number of amides is 1. The van der Waals surface area contributed by atoms with Crippen LogP contribution >= 0.6 is 11.9 Å². The number of carbonyl (C=O) groups excluding carboxylic acids is 1. The number of likely N-dealkylation sites (tertiary alicyclic amines) is 1. The van der Waals surface area contributed by atoms with Crippen molar-refractivity contribution in [1.82, 2.24) is 9.62 Å². The third-order valence-corrected chi connectivity index (χ3v) is 5.82. The van der Waals surface area contributed by atoms with Gasteiger partial charge in [-0.05, 0) is 35.8 Å². The molecule has 1 N–H and O–H groups in total. The topological polar surface area (TPSA) is 32.3 Å². The summed E-state index contributed by atoms with van der Waals surface area (Å²) in [6.45, 7) is 4.99. The molecule has 1 heterocycles. The fourth-order valence-electron chi connectivity index (χ4n) is 3.75. The number of benzene rings is 2. The Hall–Kier alpha value is -2.18. The molecule has 6 heteroatoms. The summed E-state index contributed by atoms with van der Waals surface area (Å²) >= 11 is 1.15. The number of rotatable bonds is 7. The second-order valence-corrected chi connectivity index (χ2v) is 7.93. The number of halogens is 2. The second kappa shape index (κ2) is 9.09. The van der Waals surface area contributed by atoms with Gasteiger partial charge < -0.3 is 4.90 Å². The maximum Gasteiger partial charge on any atom is 0.283 e. The predicted octanol–water partition coefficient (Wildman–Crippen LogP) is 4.94. The van der Waals surface area contributed by atoms with Crippen molar-refractivity contribution in [3.8, 4) is 11.1 Å². The molecule has 2 atom stereocenters. The molecule has 2 aromatic carbocycles. The lowest BCUT2D eigenvalue weighted by Gasteiger charge is -2.28. The molecule has 29 heavy (non-hydrogen) atoms. The molecule has 0 bridgehead atoms. The third-order valence-electron chi connectivity index (χ3n) is 5.34. The predicted molar refractivity (Wildman–Crippen MR) is 116 cm³/mol. The first-order valence-electron chi connectivity index (χ1n) is 9.66. The van der Waals surface area contributed by atoms with Gasteiger partial charge in [-0.3, -0.25) is 9.52 Å². The minimum Gasteiger partial charge on any atom is -0.328 e. The van der Waals surface area contributed by atoms with E-state index in [4.69, 9.17) is 0 Å². The van der Waals surface area contributed by atoms with Gasteiger partial charge in [-0.15, -0.1) is 0 Å². The van der Waals surface area contributed by atoms with Gasteiger partial charge in [0.25, 0.3) is 5.92 Å². The van der Waals surface area contributed by atoms with Gasteiger partial charge >= 0.3 is 0 Å². The molecular formula is C23H26F2N2OS. The van der Waals surface area contributed by atoms with E-state index in [1.165, 1.54) is 4.90 Å². The summed E-state index contributed by atoms with van der Waals surface area (Å²) in [5, 5.41) is 0. The van der Waals surface area contributed by atoms with Gasteiger partial charge in [0.1, 0.15) is 6.04 Å². The zero-order chi connectivity index (χ0) is 21.0. The maximum absolute atomic E-state index is 14.8. The molecule has 0 saturated carbocycles. The van der Waals surface area contributed by atoms with Crippen LogP contribution in [0.3, 0.4) is 0 Å². The van der Waals surface area contributed by atoms with Gasteiger partial charge in [-0.1, -0.05) is 80.0 Å². The molecule has 3 rings (SSSR count). The monoisotopic (exact) mass is 416 g/mol. The highest BCUT2D eigenvalue weighted by atomic mass is 32.2. The zero-order valence-electron chi connectivity index (χ0n) is 16.7. The highest BCUT2D eigenvalue weighted by Crippen LogP contribution is 2.36. The Morgan fingerprint density at radius 3 is 2.55 bits per heavy atom. The quantitative estimate of drug-likeness (QED) is 0.512. The van der Waals surface area contributed by atoms with Crippen molar-refractivity contribution < 1.29 is 13.6 Å². The van der Waals surface area contributed by atoms with Crippen LogP contribution in [0.5, 0.6) is 0 Å². The highest BCUT2D eigenvalue weighted by Gasteiger charge is 2.55. The van der Waals surface area contributed by atoms with Crippen LogP contribution in [-0.2, 0) is 11.2 Å². The normalized spacial score (nSPS) is 20.6. The molecule has 1 amide bonds. The summed E-state index contributed by atoms with van der Waals surface area (Å²) in [6.07, 6.45) is 2.51. The fraction of sp³-hybridized carbons (Fsp3) is 0.348. The summed E-state index contributed by atoms with van der Waals surface area (Å²) in [6, 6.07) is 16.0. The van der Waals surface area contributed by atoms with Crippen LogP contribution in [0.4, 0.5) is 8.78 Å². The maximum atomic E-state index is 14.8. The van der Waals surface area contributed by atoms with E-state index < -0.39 is 24.6 Å². The fourth-order valence-corrected chi connectivity index (χ4v) is 4.33. The lowest BCUT2D eigenvalue weighted by molar-refractivity contribution is -0.129. The summed E-state index contributed by atoms with van der Waals surface area (Å²) in [7, 11) is 0. The molecule has 1 fully saturated rings. The van der Waals surface area contributed by atoms with E-state index in [1.54, 1.807) is 6.26 Å². The van der Waals surface area contributed by atoms with Crippen molar-refractivity contribution in [2.45, 2.75) is 37.8 Å². The summed E-state index contributed by atoms with van der Waals surface area (Å²) in [4.78, 5) is 14.1. The summed E-state index contributed by atoms with van der Waals surface area (Å²) < 4.78 is 32.4. The van der Waals surface area contributed by atoms with Crippen LogP contribution in [-0.4, -0.2) is 41.6 Å². The molecule has 1 aliphatic rings. The number of alkyl halides is 2. The molecule has 0 radical (unpaired) electrons. The van der Waals surface area contributed by atoms with Gasteiger partial charge in [0.05, 0.1) is 12.6 Å². The average Bonchev–Trinajstić information content (AvgIpc) is 2.98. The lowest BCUT2D eigenvalue weighted by atomic mass is 9.96. The van der Waals surface area contributed by atoms with Gasteiger partial charge in [0, 0.05) is 5.57 Å². The van der Waals surface area contributed by atoms with E-state index in [1.807, 2.05) is 61.5 Å². The van der Waals surface area contributed by atoms with Gasteiger partial charge in [0.2, 0.25) is 5.91 Å². The van der Waals surface area contributed by atoms with E-state index >= 15 is 0 Å². The molecule has 1 saturated heterocycles. The Labute approximate surface area is 175 Å². The van der Waals surface area contributed by atoms with Crippen molar-refractivity contribution in [3.63, 3.8) is 0 Å². The minimum atomic E-state index is -3.01. The van der Waals surface area contributed by atoms with Gasteiger partial charge in [0.15, 0.2) is 0 Å². The van der Waals surface area contributed by atoms with Crippen LogP contribution in [0.2, 0.25) is 0 Å². The van der Waals surface area contributed by atoms with Crippen LogP contribution in [0, 0.1) is 0 Å². The van der Waals surface area contributed by atoms with Crippen molar-refractivity contribution in [1.29, 1.82) is 0 Å². The Kier molecular flexibility index (Phi) is 6.75. The number of nitrogens with zero attached hydrogens (tertiary/aromatic N) is 1. The van der Waals surface area contributed by atoms with Crippen molar-refractivity contribution in [2.75, 3.05) is 12.8 Å². The van der Waals surface area contributed by atoms with Gasteiger partial charge in [-0.2, -0.15) is 0 Å². The molecule has 1 aliphatic heterocycles. The number of hydrogen-bond acceptors (Lipinski definition) is 3. The van der Waals surface area contributed by atoms with Crippen molar-refractivity contribution >= 4 is 17.9 Å². The van der Waals surface area contributed by atoms with E-state index in [9.17, 15) is 13.6 Å². The van der Waals surface area contributed by atoms with Crippen molar-refractivity contribution in [3.05, 3.63) is 72.3 Å². The average molecular weight is 417 g/mol. The molecule has 154 valence electrons. The number of hydrogen-bond donors (Lipinski definition) is 1. The van der Waals surface area contributed by atoms with E-state index in [0.717, 1.165) is 28.6 Å². The Morgan fingerprint density at radius 2 is 1.90 bits per heavy atom. The smallest absolute Gasteiger partial charge is 0.283 e. The summed E-state index contributed by atoms with van der Waals surface area (Å²) in [5.74, 6) is -3.39. The zero-order valence-corrected chi connectivity index (χ0v) is 17.5. The molecule has 0 aliphatic carbocycles. The Balaban J connectivity index is 1.92. The number of carbonyl (C=O) groups is 1. The first-order chi connectivity index (χ1) is 13.9. The minimum absolute atomic E-state index is 0.344. The summed E-state index contributed by atoms with van der Waals surface area (Å²) in [5.41, 5.74) is 3.37. The molecule has 2 aromatic rings. The van der Waals surface area contributed by atoms with Crippen LogP contribution < -0.4 is 4.72 Å².